The summed E-state index contributed by atoms with van der Waals surface area (Å²) in [4.78, 5) is 10.6. The van der Waals surface area contributed by atoms with Gasteiger partial charge in [-0.15, -0.1) is 0 Å². The molecule has 3 aromatic heterocycles. The molecule has 0 N–H and O–H groups in total. The normalized spacial score (nSPS) is 12.0. The maximum Gasteiger partial charge on any atom is 0.235 e. The van der Waals surface area contributed by atoms with Crippen LogP contribution in [0.1, 0.15) is 0 Å². The third-order valence-corrected chi connectivity index (χ3v) is 10.2. The van der Waals surface area contributed by atoms with Crippen molar-refractivity contribution >= 4 is 65.4 Å². The van der Waals surface area contributed by atoms with Crippen molar-refractivity contribution in [1.82, 2.24) is 14.5 Å². The van der Waals surface area contributed by atoms with Gasteiger partial charge in [0.2, 0.25) is 5.95 Å². The van der Waals surface area contributed by atoms with Crippen molar-refractivity contribution in [2.75, 3.05) is 0 Å². The van der Waals surface area contributed by atoms with E-state index in [1.807, 2.05) is 24.3 Å². The molecule has 4 nitrogen and oxygen atoms in total. The number of rotatable bonds is 4. The first-order valence-electron chi connectivity index (χ1n) is 16.9. The third-order valence-electron chi connectivity index (χ3n) is 10.2. The van der Waals surface area contributed by atoms with Gasteiger partial charge in [-0.25, -0.2) is 9.97 Å². The van der Waals surface area contributed by atoms with Crippen LogP contribution in [0.4, 0.5) is 0 Å². The van der Waals surface area contributed by atoms with Crippen LogP contribution in [0.3, 0.4) is 0 Å². The summed E-state index contributed by atoms with van der Waals surface area (Å²) in [5.41, 5.74) is 11.3. The molecular weight excluding hydrogens is 611 g/mol. The molecule has 0 atom stereocenters. The first-order chi connectivity index (χ1) is 24.8. The summed E-state index contributed by atoms with van der Waals surface area (Å²) in [6.07, 6.45) is 0. The van der Waals surface area contributed by atoms with E-state index in [1.54, 1.807) is 0 Å². The minimum Gasteiger partial charge on any atom is -0.455 e. The molecule has 11 aromatic rings. The second kappa shape index (κ2) is 10.4. The van der Waals surface area contributed by atoms with Gasteiger partial charge in [0.15, 0.2) is 0 Å². The Morgan fingerprint density at radius 2 is 1.14 bits per heavy atom. The Balaban J connectivity index is 1.18. The first-order valence-corrected chi connectivity index (χ1v) is 16.9. The van der Waals surface area contributed by atoms with Crippen LogP contribution < -0.4 is 0 Å². The van der Waals surface area contributed by atoms with Crippen molar-refractivity contribution < 1.29 is 4.42 Å². The lowest BCUT2D eigenvalue weighted by Gasteiger charge is -2.13. The van der Waals surface area contributed by atoms with Crippen LogP contribution >= 0.6 is 0 Å². The highest BCUT2D eigenvalue weighted by atomic mass is 16.3. The molecule has 0 unspecified atom stereocenters. The number of nitrogens with zero attached hydrogens (tertiary/aromatic N) is 3. The van der Waals surface area contributed by atoms with E-state index >= 15 is 0 Å². The summed E-state index contributed by atoms with van der Waals surface area (Å²) in [7, 11) is 0. The zero-order chi connectivity index (χ0) is 32.8. The van der Waals surface area contributed by atoms with Crippen molar-refractivity contribution in [2.45, 2.75) is 0 Å². The summed E-state index contributed by atoms with van der Waals surface area (Å²) < 4.78 is 8.76. The maximum absolute atomic E-state index is 6.51. The number of fused-ring (bicyclic) bond motifs is 4. The SMILES string of the molecule is c1ccc(-c2ccc(-c3nc(-n4c5cccc6ccc7cc(-c8cccc9c8oc8ccccc89)cc4c7c65)nc4ccccc34)cc2)cc1. The van der Waals surface area contributed by atoms with Gasteiger partial charge in [-0.3, -0.25) is 4.57 Å². The van der Waals surface area contributed by atoms with Crippen molar-refractivity contribution in [3.8, 4) is 39.5 Å². The fraction of sp³-hybridized carbons (Fsp3) is 0. The highest BCUT2D eigenvalue weighted by molar-refractivity contribution is 6.25. The maximum atomic E-state index is 6.51. The lowest BCUT2D eigenvalue weighted by Crippen LogP contribution is -2.03. The van der Waals surface area contributed by atoms with E-state index in [0.29, 0.717) is 5.95 Å². The predicted octanol–water partition coefficient (Wildman–Crippen LogP) is 12.2. The van der Waals surface area contributed by atoms with E-state index in [2.05, 4.69) is 144 Å². The Hall–Kier alpha value is -6.78. The van der Waals surface area contributed by atoms with Gasteiger partial charge in [-0.05, 0) is 57.8 Å². The Kier molecular flexibility index (Phi) is 5.63. The molecule has 0 spiro atoms. The van der Waals surface area contributed by atoms with Crippen molar-refractivity contribution in [2.24, 2.45) is 0 Å². The Bertz CT molecular complexity index is 3080. The zero-order valence-corrected chi connectivity index (χ0v) is 26.8. The Morgan fingerprint density at radius 3 is 2.04 bits per heavy atom. The molecule has 11 rings (SSSR count). The van der Waals surface area contributed by atoms with Crippen molar-refractivity contribution in [1.29, 1.82) is 0 Å². The summed E-state index contributed by atoms with van der Waals surface area (Å²) in [5.74, 6) is 0.648. The monoisotopic (exact) mass is 637 g/mol. The number of aromatic nitrogens is 3. The third kappa shape index (κ3) is 3.93. The van der Waals surface area contributed by atoms with E-state index in [0.717, 1.165) is 66.3 Å². The first kappa shape index (κ1) is 27.2. The fourth-order valence-electron chi connectivity index (χ4n) is 7.87. The topological polar surface area (TPSA) is 43.9 Å². The molecule has 0 saturated heterocycles. The summed E-state index contributed by atoms with van der Waals surface area (Å²) in [6, 6.07) is 57.7. The van der Waals surface area contributed by atoms with Gasteiger partial charge in [-0.1, -0.05) is 133 Å². The predicted molar refractivity (Wildman–Crippen MR) is 206 cm³/mol. The molecule has 0 bridgehead atoms. The van der Waals surface area contributed by atoms with Gasteiger partial charge >= 0.3 is 0 Å². The molecule has 8 aromatic carbocycles. The molecular formula is C46H27N3O. The lowest BCUT2D eigenvalue weighted by molar-refractivity contribution is 0.670. The van der Waals surface area contributed by atoms with Crippen LogP contribution in [0.15, 0.2) is 168 Å². The molecule has 4 heteroatoms. The number of furan rings is 1. The highest BCUT2D eigenvalue weighted by Gasteiger charge is 2.22. The summed E-state index contributed by atoms with van der Waals surface area (Å²) in [6.45, 7) is 0. The number of hydrogen-bond acceptors (Lipinski definition) is 3. The second-order valence-electron chi connectivity index (χ2n) is 13.0. The Morgan fingerprint density at radius 1 is 0.440 bits per heavy atom. The van der Waals surface area contributed by atoms with Crippen LogP contribution in [0, 0.1) is 0 Å². The van der Waals surface area contributed by atoms with Crippen molar-refractivity contribution in [3.63, 3.8) is 0 Å². The molecule has 0 radical (unpaired) electrons. The van der Waals surface area contributed by atoms with Crippen LogP contribution in [0.2, 0.25) is 0 Å². The standard InChI is InChI=1S/C46H27N3O/c1-2-10-28(11-3-1)29-20-23-31(24-21-29)44-37-14-4-6-17-38(37)47-46(48-44)49-39-18-8-12-30-22-25-32-26-33(27-40(49)43(32)42(30)39)34-15-9-16-36-35-13-5-7-19-41(35)50-45(34)36/h1-27H. The van der Waals surface area contributed by atoms with Crippen LogP contribution in [0.5, 0.6) is 0 Å². The minimum absolute atomic E-state index is 0.648. The molecule has 0 fully saturated rings. The minimum atomic E-state index is 0.648. The molecule has 50 heavy (non-hydrogen) atoms. The summed E-state index contributed by atoms with van der Waals surface area (Å²) >= 11 is 0. The van der Waals surface area contributed by atoms with Crippen molar-refractivity contribution in [3.05, 3.63) is 164 Å². The second-order valence-corrected chi connectivity index (χ2v) is 13.0. The number of hydrogen-bond donors (Lipinski definition) is 0. The molecule has 0 amide bonds. The van der Waals surface area contributed by atoms with E-state index in [4.69, 9.17) is 14.4 Å². The van der Waals surface area contributed by atoms with Gasteiger partial charge in [0.05, 0.1) is 22.2 Å². The van der Waals surface area contributed by atoms with Gasteiger partial charge < -0.3 is 4.42 Å². The molecule has 0 saturated carbocycles. The van der Waals surface area contributed by atoms with Crippen LogP contribution in [-0.4, -0.2) is 14.5 Å². The van der Waals surface area contributed by atoms with Gasteiger partial charge in [0, 0.05) is 38.1 Å². The molecule has 0 aliphatic rings. The van der Waals surface area contributed by atoms with E-state index in [9.17, 15) is 0 Å². The van der Waals surface area contributed by atoms with Crippen LogP contribution in [0.25, 0.3) is 105 Å². The van der Waals surface area contributed by atoms with Gasteiger partial charge in [0.25, 0.3) is 0 Å². The number of benzene rings is 8. The molecule has 0 aliphatic heterocycles. The van der Waals surface area contributed by atoms with E-state index in [-0.39, 0.29) is 0 Å². The highest BCUT2D eigenvalue weighted by Crippen LogP contribution is 2.43. The number of para-hydroxylation sites is 3. The van der Waals surface area contributed by atoms with Gasteiger partial charge in [-0.2, -0.15) is 0 Å². The zero-order valence-electron chi connectivity index (χ0n) is 26.8. The fourth-order valence-corrected chi connectivity index (χ4v) is 7.87. The molecule has 0 aliphatic carbocycles. The molecule has 3 heterocycles. The smallest absolute Gasteiger partial charge is 0.235 e. The largest absolute Gasteiger partial charge is 0.455 e. The van der Waals surface area contributed by atoms with Crippen LogP contribution in [-0.2, 0) is 0 Å². The van der Waals surface area contributed by atoms with E-state index in [1.165, 1.54) is 32.7 Å². The quantitative estimate of drug-likeness (QED) is 0.180. The Labute approximate surface area is 286 Å². The van der Waals surface area contributed by atoms with Gasteiger partial charge in [0.1, 0.15) is 11.2 Å². The van der Waals surface area contributed by atoms with E-state index < -0.39 is 0 Å². The lowest BCUT2D eigenvalue weighted by atomic mass is 9.96. The average molecular weight is 638 g/mol. The summed E-state index contributed by atoms with van der Waals surface area (Å²) in [5, 5.41) is 8.07. The average Bonchev–Trinajstić information content (AvgIpc) is 3.73. The molecule has 232 valence electrons.